The van der Waals surface area contributed by atoms with Crippen LogP contribution in [0.3, 0.4) is 0 Å². The maximum Gasteiger partial charge on any atom is 0.0594 e. The Morgan fingerprint density at radius 2 is 1.57 bits per heavy atom. The molecule has 0 saturated carbocycles. The van der Waals surface area contributed by atoms with Crippen molar-refractivity contribution in [1.29, 1.82) is 0 Å². The lowest BCUT2D eigenvalue weighted by Crippen LogP contribution is -2.31. The van der Waals surface area contributed by atoms with Crippen LogP contribution in [0.15, 0.2) is 0 Å². The highest BCUT2D eigenvalue weighted by Gasteiger charge is 1.93. The Kier molecular flexibility index (Phi) is 9.35. The average molecular weight is 202 g/mol. The Hall–Kier alpha value is -0.120. The van der Waals surface area contributed by atoms with Crippen LogP contribution < -0.4 is 10.6 Å². The molecule has 0 radical (unpaired) electrons. The van der Waals surface area contributed by atoms with E-state index in [1.165, 1.54) is 0 Å². The first-order chi connectivity index (χ1) is 6.63. The molecule has 3 heteroatoms. The molecule has 3 nitrogen and oxygen atoms in total. The summed E-state index contributed by atoms with van der Waals surface area (Å²) in [7, 11) is 0. The molecule has 0 aromatic heterocycles. The number of hydrogen-bond acceptors (Lipinski definition) is 3. The number of hydrogen-bond donors (Lipinski definition) is 2. The van der Waals surface area contributed by atoms with Gasteiger partial charge in [0, 0.05) is 19.6 Å². The van der Waals surface area contributed by atoms with Gasteiger partial charge in [0.15, 0.2) is 0 Å². The molecule has 86 valence electrons. The summed E-state index contributed by atoms with van der Waals surface area (Å²) in [6.45, 7) is 13.5. The van der Waals surface area contributed by atoms with E-state index in [1.807, 2.05) is 0 Å². The Morgan fingerprint density at radius 3 is 2.14 bits per heavy atom. The molecule has 2 N–H and O–H groups in total. The maximum absolute atomic E-state index is 5.40. The average Bonchev–Trinajstić information content (AvgIpc) is 2.08. The molecule has 0 rings (SSSR count). The third kappa shape index (κ3) is 11.9. The monoisotopic (exact) mass is 202 g/mol. The summed E-state index contributed by atoms with van der Waals surface area (Å²) in [5, 5.41) is 6.71. The van der Waals surface area contributed by atoms with Crippen LogP contribution in [0.2, 0.25) is 0 Å². The molecule has 0 heterocycles. The van der Waals surface area contributed by atoms with Gasteiger partial charge in [-0.3, -0.25) is 0 Å². The van der Waals surface area contributed by atoms with Crippen LogP contribution in [0, 0.1) is 5.92 Å². The van der Waals surface area contributed by atoms with E-state index >= 15 is 0 Å². The fourth-order valence-corrected chi connectivity index (χ4v) is 1.06. The van der Waals surface area contributed by atoms with Gasteiger partial charge in [-0.25, -0.2) is 0 Å². The van der Waals surface area contributed by atoms with Gasteiger partial charge >= 0.3 is 0 Å². The van der Waals surface area contributed by atoms with Gasteiger partial charge in [-0.1, -0.05) is 13.8 Å². The summed E-state index contributed by atoms with van der Waals surface area (Å²) in [6, 6.07) is 0. The summed E-state index contributed by atoms with van der Waals surface area (Å²) in [6.07, 6.45) is 0.343. The first-order valence-corrected chi connectivity index (χ1v) is 5.66. The van der Waals surface area contributed by atoms with Gasteiger partial charge in [0.05, 0.1) is 12.7 Å². The van der Waals surface area contributed by atoms with Crippen LogP contribution >= 0.6 is 0 Å². The molecule has 0 atom stereocenters. The van der Waals surface area contributed by atoms with E-state index in [4.69, 9.17) is 4.74 Å². The maximum atomic E-state index is 5.40. The highest BCUT2D eigenvalue weighted by atomic mass is 16.5. The third-order valence-electron chi connectivity index (χ3n) is 1.76. The van der Waals surface area contributed by atoms with Crippen molar-refractivity contribution in [2.24, 2.45) is 5.92 Å². The van der Waals surface area contributed by atoms with E-state index in [1.54, 1.807) is 0 Å². The molecule has 14 heavy (non-hydrogen) atoms. The van der Waals surface area contributed by atoms with Gasteiger partial charge in [0.2, 0.25) is 0 Å². The van der Waals surface area contributed by atoms with Crippen molar-refractivity contribution >= 4 is 0 Å². The van der Waals surface area contributed by atoms with Crippen molar-refractivity contribution in [2.45, 2.75) is 33.8 Å². The number of nitrogens with one attached hydrogen (secondary N) is 2. The van der Waals surface area contributed by atoms with Crippen LogP contribution in [-0.4, -0.2) is 38.9 Å². The first kappa shape index (κ1) is 13.9. The molecular formula is C11H26N2O. The van der Waals surface area contributed by atoms with Crippen LogP contribution in [0.1, 0.15) is 27.7 Å². The third-order valence-corrected chi connectivity index (χ3v) is 1.76. The van der Waals surface area contributed by atoms with E-state index in [-0.39, 0.29) is 0 Å². The largest absolute Gasteiger partial charge is 0.377 e. The lowest BCUT2D eigenvalue weighted by molar-refractivity contribution is 0.0810. The van der Waals surface area contributed by atoms with Crippen LogP contribution in [0.4, 0.5) is 0 Å². The van der Waals surface area contributed by atoms with Gasteiger partial charge in [0.25, 0.3) is 0 Å². The van der Waals surface area contributed by atoms with Crippen molar-refractivity contribution in [3.8, 4) is 0 Å². The smallest absolute Gasteiger partial charge is 0.0594 e. The minimum Gasteiger partial charge on any atom is -0.377 e. The normalized spacial score (nSPS) is 11.6. The van der Waals surface area contributed by atoms with Crippen LogP contribution in [0.5, 0.6) is 0 Å². The molecule has 0 aromatic carbocycles. The van der Waals surface area contributed by atoms with Crippen molar-refractivity contribution in [3.05, 3.63) is 0 Å². The summed E-state index contributed by atoms with van der Waals surface area (Å²) >= 11 is 0. The minimum atomic E-state index is 0.343. The van der Waals surface area contributed by atoms with E-state index in [0.29, 0.717) is 6.10 Å². The molecule has 0 bridgehead atoms. The van der Waals surface area contributed by atoms with E-state index < -0.39 is 0 Å². The Labute approximate surface area is 88.6 Å². The standard InChI is InChI=1S/C11H26N2O/c1-10(2)9-13-6-5-12-7-8-14-11(3)4/h10-13H,5-9H2,1-4H3. The number of ether oxygens (including phenoxy) is 1. The molecular weight excluding hydrogens is 176 g/mol. The summed E-state index contributed by atoms with van der Waals surface area (Å²) in [5.41, 5.74) is 0. The lowest BCUT2D eigenvalue weighted by atomic mass is 10.2. The van der Waals surface area contributed by atoms with Gasteiger partial charge in [0.1, 0.15) is 0 Å². The predicted molar refractivity (Wildman–Crippen MR) is 61.7 cm³/mol. The molecule has 0 saturated heterocycles. The molecule has 0 spiro atoms. The molecule has 0 aromatic rings. The molecule has 0 aliphatic rings. The van der Waals surface area contributed by atoms with Gasteiger partial charge in [-0.05, 0) is 26.3 Å². The van der Waals surface area contributed by atoms with Gasteiger partial charge in [-0.15, -0.1) is 0 Å². The predicted octanol–water partition coefficient (Wildman–Crippen LogP) is 1.25. The fraction of sp³-hybridized carbons (Fsp3) is 1.00. The van der Waals surface area contributed by atoms with E-state index in [0.717, 1.165) is 38.7 Å². The van der Waals surface area contributed by atoms with E-state index in [2.05, 4.69) is 38.3 Å². The number of rotatable bonds is 9. The SMILES string of the molecule is CC(C)CNCCNCCOC(C)C. The Morgan fingerprint density at radius 1 is 0.929 bits per heavy atom. The second-order valence-corrected chi connectivity index (χ2v) is 4.27. The van der Waals surface area contributed by atoms with Crippen LogP contribution in [-0.2, 0) is 4.74 Å². The molecule has 0 aliphatic heterocycles. The first-order valence-electron chi connectivity index (χ1n) is 5.66. The topological polar surface area (TPSA) is 33.3 Å². The molecule has 0 unspecified atom stereocenters. The summed E-state index contributed by atoms with van der Waals surface area (Å²) < 4.78 is 5.40. The summed E-state index contributed by atoms with van der Waals surface area (Å²) in [4.78, 5) is 0. The second kappa shape index (κ2) is 9.44. The lowest BCUT2D eigenvalue weighted by Gasteiger charge is -2.10. The molecule has 0 fully saturated rings. The molecule has 0 aliphatic carbocycles. The zero-order chi connectivity index (χ0) is 10.8. The van der Waals surface area contributed by atoms with Crippen molar-refractivity contribution in [3.63, 3.8) is 0 Å². The Balaban J connectivity index is 2.92. The quantitative estimate of drug-likeness (QED) is 0.552. The van der Waals surface area contributed by atoms with Crippen molar-refractivity contribution in [2.75, 3.05) is 32.8 Å². The van der Waals surface area contributed by atoms with Crippen molar-refractivity contribution in [1.82, 2.24) is 10.6 Å². The van der Waals surface area contributed by atoms with Crippen molar-refractivity contribution < 1.29 is 4.74 Å². The van der Waals surface area contributed by atoms with Gasteiger partial charge < -0.3 is 15.4 Å². The highest BCUT2D eigenvalue weighted by Crippen LogP contribution is 1.86. The Bertz CT molecular complexity index is 102. The minimum absolute atomic E-state index is 0.343. The van der Waals surface area contributed by atoms with Gasteiger partial charge in [-0.2, -0.15) is 0 Å². The van der Waals surface area contributed by atoms with E-state index in [9.17, 15) is 0 Å². The highest BCUT2D eigenvalue weighted by molar-refractivity contribution is 4.54. The fourth-order valence-electron chi connectivity index (χ4n) is 1.06. The summed E-state index contributed by atoms with van der Waals surface area (Å²) in [5.74, 6) is 0.735. The zero-order valence-corrected chi connectivity index (χ0v) is 10.1. The zero-order valence-electron chi connectivity index (χ0n) is 10.1. The molecule has 0 amide bonds. The van der Waals surface area contributed by atoms with Crippen LogP contribution in [0.25, 0.3) is 0 Å². The second-order valence-electron chi connectivity index (χ2n) is 4.27.